The molecule has 0 aromatic rings. The zero-order chi connectivity index (χ0) is 9.80. The fourth-order valence-electron chi connectivity index (χ4n) is 2.50. The molecular formula is C11H22N2O. The number of nitrogens with one attached hydrogen (secondary N) is 1. The van der Waals surface area contributed by atoms with Crippen molar-refractivity contribution in [2.45, 2.75) is 25.3 Å². The van der Waals surface area contributed by atoms with Crippen LogP contribution in [-0.2, 0) is 4.74 Å². The summed E-state index contributed by atoms with van der Waals surface area (Å²) >= 11 is 0. The van der Waals surface area contributed by atoms with E-state index in [0.29, 0.717) is 0 Å². The van der Waals surface area contributed by atoms with Gasteiger partial charge in [0.05, 0.1) is 6.61 Å². The third-order valence-corrected chi connectivity index (χ3v) is 3.54. The number of hydrogen-bond acceptors (Lipinski definition) is 3. The molecule has 0 aromatic carbocycles. The zero-order valence-electron chi connectivity index (χ0n) is 9.17. The van der Waals surface area contributed by atoms with Gasteiger partial charge in [-0.2, -0.15) is 0 Å². The maximum Gasteiger partial charge on any atom is 0.0507 e. The van der Waals surface area contributed by atoms with E-state index in [1.165, 1.54) is 38.9 Å². The highest BCUT2D eigenvalue weighted by molar-refractivity contribution is 4.78. The quantitative estimate of drug-likeness (QED) is 0.723. The Balaban J connectivity index is 1.67. The summed E-state index contributed by atoms with van der Waals surface area (Å²) in [6.07, 6.45) is 3.89. The minimum absolute atomic E-state index is 0.756. The van der Waals surface area contributed by atoms with Crippen LogP contribution >= 0.6 is 0 Å². The van der Waals surface area contributed by atoms with E-state index in [1.807, 2.05) is 0 Å². The molecule has 0 saturated carbocycles. The van der Waals surface area contributed by atoms with Gasteiger partial charge in [-0.25, -0.2) is 0 Å². The smallest absolute Gasteiger partial charge is 0.0507 e. The molecule has 2 aliphatic heterocycles. The molecule has 0 spiro atoms. The Kier molecular flexibility index (Phi) is 3.79. The lowest BCUT2D eigenvalue weighted by molar-refractivity contribution is 0.149. The van der Waals surface area contributed by atoms with Gasteiger partial charge in [0.25, 0.3) is 0 Å². The number of ether oxygens (including phenoxy) is 1. The Bertz CT molecular complexity index is 161. The van der Waals surface area contributed by atoms with Crippen LogP contribution in [0.4, 0.5) is 0 Å². The molecule has 1 N–H and O–H groups in total. The normalized spacial score (nSPS) is 31.1. The molecule has 2 aliphatic rings. The van der Waals surface area contributed by atoms with Crippen LogP contribution in [0.2, 0.25) is 0 Å². The van der Waals surface area contributed by atoms with Gasteiger partial charge < -0.3 is 15.0 Å². The summed E-state index contributed by atoms with van der Waals surface area (Å²) in [5.41, 5.74) is 0. The lowest BCUT2D eigenvalue weighted by Gasteiger charge is -2.33. The van der Waals surface area contributed by atoms with Crippen LogP contribution in [0.1, 0.15) is 19.3 Å². The van der Waals surface area contributed by atoms with E-state index in [-0.39, 0.29) is 0 Å². The Morgan fingerprint density at radius 1 is 1.29 bits per heavy atom. The first-order valence-electron chi connectivity index (χ1n) is 5.86. The van der Waals surface area contributed by atoms with E-state index in [0.717, 1.165) is 25.2 Å². The molecule has 82 valence electrons. The van der Waals surface area contributed by atoms with Crippen LogP contribution in [0.5, 0.6) is 0 Å². The van der Waals surface area contributed by atoms with Crippen LogP contribution in [0.15, 0.2) is 0 Å². The Labute approximate surface area is 86.8 Å². The summed E-state index contributed by atoms with van der Waals surface area (Å²) < 4.78 is 5.40. The van der Waals surface area contributed by atoms with Crippen LogP contribution in [0.25, 0.3) is 0 Å². The van der Waals surface area contributed by atoms with Crippen LogP contribution < -0.4 is 5.32 Å². The fourth-order valence-corrected chi connectivity index (χ4v) is 2.50. The Hall–Kier alpha value is -0.120. The molecule has 2 fully saturated rings. The van der Waals surface area contributed by atoms with Gasteiger partial charge in [-0.1, -0.05) is 0 Å². The minimum atomic E-state index is 0.756. The van der Waals surface area contributed by atoms with Crippen molar-refractivity contribution in [3.8, 4) is 0 Å². The Morgan fingerprint density at radius 3 is 2.64 bits per heavy atom. The van der Waals surface area contributed by atoms with Crippen molar-refractivity contribution in [2.24, 2.45) is 5.92 Å². The molecule has 0 bridgehead atoms. The highest BCUT2D eigenvalue weighted by Crippen LogP contribution is 2.17. The molecule has 2 heterocycles. The van der Waals surface area contributed by atoms with Crippen LogP contribution in [-0.4, -0.2) is 50.8 Å². The fraction of sp³-hybridized carbons (Fsp3) is 1.00. The molecule has 2 rings (SSSR count). The van der Waals surface area contributed by atoms with Gasteiger partial charge in [-0.05, 0) is 45.3 Å². The number of rotatable bonds is 3. The second-order valence-corrected chi connectivity index (χ2v) is 4.59. The van der Waals surface area contributed by atoms with Gasteiger partial charge in [-0.15, -0.1) is 0 Å². The molecule has 2 saturated heterocycles. The van der Waals surface area contributed by atoms with E-state index < -0.39 is 0 Å². The van der Waals surface area contributed by atoms with Crippen LogP contribution in [0.3, 0.4) is 0 Å². The average Bonchev–Trinajstić information content (AvgIpc) is 2.72. The lowest BCUT2D eigenvalue weighted by Crippen LogP contribution is -2.43. The van der Waals surface area contributed by atoms with Crippen molar-refractivity contribution in [3.05, 3.63) is 0 Å². The molecule has 0 aromatic heterocycles. The first-order chi connectivity index (χ1) is 6.88. The first-order valence-corrected chi connectivity index (χ1v) is 5.86. The molecule has 0 aliphatic carbocycles. The van der Waals surface area contributed by atoms with Crippen molar-refractivity contribution in [3.63, 3.8) is 0 Å². The lowest BCUT2D eigenvalue weighted by atomic mass is 10.0. The summed E-state index contributed by atoms with van der Waals surface area (Å²) in [6.45, 7) is 5.77. The SMILES string of the molecule is CNC1CCN(CC2CCOC2)CC1. The molecule has 1 atom stereocenters. The van der Waals surface area contributed by atoms with Gasteiger partial charge in [0.15, 0.2) is 0 Å². The summed E-state index contributed by atoms with van der Waals surface area (Å²) in [5.74, 6) is 0.807. The van der Waals surface area contributed by atoms with E-state index in [2.05, 4.69) is 17.3 Å². The van der Waals surface area contributed by atoms with Crippen LogP contribution in [0, 0.1) is 5.92 Å². The molecular weight excluding hydrogens is 176 g/mol. The average molecular weight is 198 g/mol. The molecule has 3 nitrogen and oxygen atoms in total. The molecule has 0 amide bonds. The summed E-state index contributed by atoms with van der Waals surface area (Å²) in [7, 11) is 2.07. The number of nitrogens with zero attached hydrogens (tertiary/aromatic N) is 1. The standard InChI is InChI=1S/C11H22N2O/c1-12-11-2-5-13(6-3-11)8-10-4-7-14-9-10/h10-12H,2-9H2,1H3. The third-order valence-electron chi connectivity index (χ3n) is 3.54. The molecule has 1 unspecified atom stereocenters. The predicted octanol–water partition coefficient (Wildman–Crippen LogP) is 0.707. The van der Waals surface area contributed by atoms with Crippen molar-refractivity contribution in [1.29, 1.82) is 0 Å². The predicted molar refractivity (Wildman–Crippen MR) is 57.4 cm³/mol. The number of piperidine rings is 1. The third kappa shape index (κ3) is 2.69. The summed E-state index contributed by atoms with van der Waals surface area (Å²) in [5, 5.41) is 3.37. The van der Waals surface area contributed by atoms with E-state index in [4.69, 9.17) is 4.74 Å². The van der Waals surface area contributed by atoms with E-state index in [9.17, 15) is 0 Å². The second kappa shape index (κ2) is 5.10. The van der Waals surface area contributed by atoms with Crippen molar-refractivity contribution >= 4 is 0 Å². The monoisotopic (exact) mass is 198 g/mol. The molecule has 0 radical (unpaired) electrons. The first kappa shape index (κ1) is 10.4. The maximum atomic E-state index is 5.40. The Morgan fingerprint density at radius 2 is 2.07 bits per heavy atom. The number of likely N-dealkylation sites (tertiary alicyclic amines) is 1. The topological polar surface area (TPSA) is 24.5 Å². The second-order valence-electron chi connectivity index (χ2n) is 4.59. The molecule has 3 heteroatoms. The van der Waals surface area contributed by atoms with Gasteiger partial charge >= 0.3 is 0 Å². The number of hydrogen-bond donors (Lipinski definition) is 1. The highest BCUT2D eigenvalue weighted by Gasteiger charge is 2.22. The van der Waals surface area contributed by atoms with Gasteiger partial charge in [0.2, 0.25) is 0 Å². The maximum absolute atomic E-state index is 5.40. The largest absolute Gasteiger partial charge is 0.381 e. The minimum Gasteiger partial charge on any atom is -0.381 e. The van der Waals surface area contributed by atoms with E-state index >= 15 is 0 Å². The summed E-state index contributed by atoms with van der Waals surface area (Å²) in [4.78, 5) is 2.60. The van der Waals surface area contributed by atoms with Gasteiger partial charge in [-0.3, -0.25) is 0 Å². The van der Waals surface area contributed by atoms with Gasteiger partial charge in [0.1, 0.15) is 0 Å². The summed E-state index contributed by atoms with van der Waals surface area (Å²) in [6, 6.07) is 0.756. The molecule has 14 heavy (non-hydrogen) atoms. The van der Waals surface area contributed by atoms with E-state index in [1.54, 1.807) is 0 Å². The van der Waals surface area contributed by atoms with Crippen molar-refractivity contribution in [1.82, 2.24) is 10.2 Å². The van der Waals surface area contributed by atoms with Crippen molar-refractivity contribution < 1.29 is 4.74 Å². The van der Waals surface area contributed by atoms with Crippen molar-refractivity contribution in [2.75, 3.05) is 39.9 Å². The highest BCUT2D eigenvalue weighted by atomic mass is 16.5. The van der Waals surface area contributed by atoms with Gasteiger partial charge in [0, 0.05) is 19.2 Å². The zero-order valence-corrected chi connectivity index (χ0v) is 9.17.